The van der Waals surface area contributed by atoms with Crippen molar-refractivity contribution < 1.29 is 17.9 Å². The second-order valence-corrected chi connectivity index (χ2v) is 8.36. The lowest BCUT2D eigenvalue weighted by molar-refractivity contribution is -0.117. The maximum atomic E-state index is 12.6. The zero-order valence-corrected chi connectivity index (χ0v) is 16.8. The molecule has 0 aromatic heterocycles. The normalized spacial score (nSPS) is 12.5. The summed E-state index contributed by atoms with van der Waals surface area (Å²) in [6.07, 6.45) is 1.93. The summed E-state index contributed by atoms with van der Waals surface area (Å²) < 4.78 is 32.6. The Morgan fingerprint density at radius 3 is 2.62 bits per heavy atom. The molecule has 9 heteroatoms. The average molecular weight is 415 g/mol. The Balaban J connectivity index is 2.16. The van der Waals surface area contributed by atoms with E-state index in [1.165, 1.54) is 32.2 Å². The number of hydrogen-bond donors (Lipinski definition) is 2. The van der Waals surface area contributed by atoms with Crippen LogP contribution in [0.2, 0.25) is 5.02 Å². The van der Waals surface area contributed by atoms with Gasteiger partial charge in [0.2, 0.25) is 15.9 Å². The Kier molecular flexibility index (Phi) is 6.94. The molecule has 0 aliphatic rings. The topological polar surface area (TPSA) is 84.5 Å². The third-order valence-electron chi connectivity index (χ3n) is 3.48. The zero-order chi connectivity index (χ0) is 19.3. The second-order valence-electron chi connectivity index (χ2n) is 5.36. The number of hydrogen-bond acceptors (Lipinski definition) is 5. The Morgan fingerprint density at radius 1 is 1.23 bits per heavy atom. The van der Waals surface area contributed by atoms with Gasteiger partial charge in [-0.05, 0) is 49.6 Å². The lowest BCUT2D eigenvalue weighted by atomic mass is 10.3. The van der Waals surface area contributed by atoms with Crippen LogP contribution in [0.5, 0.6) is 5.75 Å². The van der Waals surface area contributed by atoms with Gasteiger partial charge in [0.05, 0.1) is 13.2 Å². The molecule has 2 N–H and O–H groups in total. The fraction of sp³-hybridized carbons (Fsp3) is 0.235. The van der Waals surface area contributed by atoms with E-state index in [0.717, 1.165) is 4.90 Å². The van der Waals surface area contributed by atoms with E-state index < -0.39 is 22.0 Å². The van der Waals surface area contributed by atoms with Gasteiger partial charge in [-0.25, -0.2) is 8.42 Å². The molecule has 2 rings (SSSR count). The van der Waals surface area contributed by atoms with E-state index in [4.69, 9.17) is 16.3 Å². The van der Waals surface area contributed by atoms with Crippen LogP contribution in [-0.4, -0.2) is 33.7 Å². The molecule has 0 aliphatic heterocycles. The summed E-state index contributed by atoms with van der Waals surface area (Å²) >= 11 is 7.43. The van der Waals surface area contributed by atoms with E-state index in [2.05, 4.69) is 10.0 Å². The number of benzene rings is 2. The molecule has 0 aliphatic carbocycles. The predicted octanol–water partition coefficient (Wildman–Crippen LogP) is 3.38. The summed E-state index contributed by atoms with van der Waals surface area (Å²) in [4.78, 5) is 13.2. The molecule has 0 spiro atoms. The number of thioether (sulfide) groups is 1. The first-order valence-electron chi connectivity index (χ1n) is 7.57. The summed E-state index contributed by atoms with van der Waals surface area (Å²) in [5, 5.41) is 2.94. The number of carbonyl (C=O) groups excluding carboxylic acids is 1. The number of rotatable bonds is 7. The van der Waals surface area contributed by atoms with Gasteiger partial charge in [0.1, 0.15) is 10.6 Å². The van der Waals surface area contributed by atoms with Crippen molar-refractivity contribution in [2.45, 2.75) is 22.8 Å². The number of ether oxygens (including phenoxy) is 1. The summed E-state index contributed by atoms with van der Waals surface area (Å²) in [6.45, 7) is 1.46. The molecule has 26 heavy (non-hydrogen) atoms. The highest BCUT2D eigenvalue weighted by Gasteiger charge is 2.25. The highest BCUT2D eigenvalue weighted by atomic mass is 35.5. The van der Waals surface area contributed by atoms with Gasteiger partial charge >= 0.3 is 0 Å². The van der Waals surface area contributed by atoms with E-state index in [9.17, 15) is 13.2 Å². The molecule has 0 heterocycles. The zero-order valence-electron chi connectivity index (χ0n) is 14.4. The van der Waals surface area contributed by atoms with E-state index in [-0.39, 0.29) is 15.7 Å². The van der Waals surface area contributed by atoms with Crippen molar-refractivity contribution in [3.05, 3.63) is 47.5 Å². The monoisotopic (exact) mass is 414 g/mol. The molecule has 0 bridgehead atoms. The molecule has 2 aromatic carbocycles. The van der Waals surface area contributed by atoms with Crippen molar-refractivity contribution in [2.24, 2.45) is 0 Å². The number of halogens is 1. The summed E-state index contributed by atoms with van der Waals surface area (Å²) in [7, 11) is -2.64. The van der Waals surface area contributed by atoms with Gasteiger partial charge in [-0.2, -0.15) is 4.72 Å². The van der Waals surface area contributed by atoms with Crippen molar-refractivity contribution in [1.82, 2.24) is 4.72 Å². The van der Waals surface area contributed by atoms with E-state index in [1.807, 2.05) is 24.5 Å². The molecular weight excluding hydrogens is 396 g/mol. The Labute approximate surface area is 162 Å². The number of anilines is 1. The van der Waals surface area contributed by atoms with Crippen molar-refractivity contribution >= 4 is 45.0 Å². The minimum Gasteiger partial charge on any atom is -0.495 e. The first-order chi connectivity index (χ1) is 12.3. The van der Waals surface area contributed by atoms with Crippen LogP contribution in [-0.2, 0) is 14.8 Å². The molecule has 0 saturated heterocycles. The van der Waals surface area contributed by atoms with Gasteiger partial charge in [-0.1, -0.05) is 17.7 Å². The van der Waals surface area contributed by atoms with Gasteiger partial charge in [-0.15, -0.1) is 11.8 Å². The standard InChI is InChI=1S/C17H19ClN2O4S2/c1-11(17(21)19-13-5-4-6-14(10-13)25-3)20-26(22,23)16-9-12(18)7-8-15(16)24-2/h4-11,20H,1-3H3,(H,19,21)/t11-/m0/s1. The number of amides is 1. The molecule has 1 amide bonds. The molecule has 0 radical (unpaired) electrons. The SMILES string of the molecule is COc1ccc(Cl)cc1S(=O)(=O)N[C@@H](C)C(=O)Nc1cccc(SC)c1. The molecule has 2 aromatic rings. The summed E-state index contributed by atoms with van der Waals surface area (Å²) in [5.74, 6) is -0.338. The number of carbonyl (C=O) groups is 1. The maximum absolute atomic E-state index is 12.6. The van der Waals surface area contributed by atoms with E-state index in [0.29, 0.717) is 5.69 Å². The fourth-order valence-electron chi connectivity index (χ4n) is 2.16. The van der Waals surface area contributed by atoms with E-state index in [1.54, 1.807) is 17.8 Å². The highest BCUT2D eigenvalue weighted by Crippen LogP contribution is 2.27. The largest absolute Gasteiger partial charge is 0.495 e. The van der Waals surface area contributed by atoms with Crippen LogP contribution in [0.4, 0.5) is 5.69 Å². The predicted molar refractivity (Wildman–Crippen MR) is 105 cm³/mol. The van der Waals surface area contributed by atoms with Crippen molar-refractivity contribution in [3.8, 4) is 5.75 Å². The highest BCUT2D eigenvalue weighted by molar-refractivity contribution is 7.98. The summed E-state index contributed by atoms with van der Waals surface area (Å²) in [5.41, 5.74) is 0.591. The minimum absolute atomic E-state index is 0.128. The number of sulfonamides is 1. The van der Waals surface area contributed by atoms with E-state index >= 15 is 0 Å². The van der Waals surface area contributed by atoms with Gasteiger partial charge in [0.15, 0.2) is 0 Å². The third kappa shape index (κ3) is 5.14. The maximum Gasteiger partial charge on any atom is 0.245 e. The molecule has 0 unspecified atom stereocenters. The minimum atomic E-state index is -4.00. The van der Waals surface area contributed by atoms with Gasteiger partial charge in [-0.3, -0.25) is 4.79 Å². The molecule has 6 nitrogen and oxygen atoms in total. The molecule has 1 atom stereocenters. The Bertz CT molecular complexity index is 903. The lowest BCUT2D eigenvalue weighted by Crippen LogP contribution is -2.41. The van der Waals surface area contributed by atoms with Crippen LogP contribution < -0.4 is 14.8 Å². The smallest absolute Gasteiger partial charge is 0.245 e. The fourth-order valence-corrected chi connectivity index (χ4v) is 4.26. The third-order valence-corrected chi connectivity index (χ3v) is 6.00. The van der Waals surface area contributed by atoms with Gasteiger partial charge in [0.25, 0.3) is 0 Å². The Hall–Kier alpha value is -1.74. The first kappa shape index (κ1) is 20.6. The van der Waals surface area contributed by atoms with Crippen LogP contribution in [0.25, 0.3) is 0 Å². The molecule has 0 saturated carbocycles. The number of methoxy groups -OCH3 is 1. The molecule has 140 valence electrons. The number of nitrogens with one attached hydrogen (secondary N) is 2. The molecule has 0 fully saturated rings. The average Bonchev–Trinajstić information content (AvgIpc) is 2.61. The van der Waals surface area contributed by atoms with Crippen LogP contribution >= 0.6 is 23.4 Å². The molecular formula is C17H19ClN2O4S2. The van der Waals surface area contributed by atoms with Gasteiger partial charge < -0.3 is 10.1 Å². The lowest BCUT2D eigenvalue weighted by Gasteiger charge is -2.16. The quantitative estimate of drug-likeness (QED) is 0.678. The van der Waals surface area contributed by atoms with Crippen LogP contribution in [0.1, 0.15) is 6.92 Å². The van der Waals surface area contributed by atoms with Crippen LogP contribution in [0.3, 0.4) is 0 Å². The second kappa shape index (κ2) is 8.77. The van der Waals surface area contributed by atoms with Crippen molar-refractivity contribution in [1.29, 1.82) is 0 Å². The summed E-state index contributed by atoms with van der Waals surface area (Å²) in [6, 6.07) is 10.5. The van der Waals surface area contributed by atoms with Crippen molar-refractivity contribution in [3.63, 3.8) is 0 Å². The van der Waals surface area contributed by atoms with Crippen molar-refractivity contribution in [2.75, 3.05) is 18.7 Å². The van der Waals surface area contributed by atoms with Crippen LogP contribution in [0, 0.1) is 0 Å². The van der Waals surface area contributed by atoms with Crippen LogP contribution in [0.15, 0.2) is 52.3 Å². The Morgan fingerprint density at radius 2 is 1.96 bits per heavy atom. The first-order valence-corrected chi connectivity index (χ1v) is 10.7. The van der Waals surface area contributed by atoms with Gasteiger partial charge in [0, 0.05) is 15.6 Å².